The molecule has 0 aliphatic carbocycles. The van der Waals surface area contributed by atoms with Gasteiger partial charge in [-0.25, -0.2) is 4.39 Å². The smallest absolute Gasteiger partial charge is 0.124 e. The summed E-state index contributed by atoms with van der Waals surface area (Å²) < 4.78 is 13.6. The zero-order chi connectivity index (χ0) is 11.3. The molecule has 1 atom stereocenters. The van der Waals surface area contributed by atoms with Crippen LogP contribution in [0.4, 0.5) is 4.39 Å². The van der Waals surface area contributed by atoms with Crippen molar-refractivity contribution in [1.82, 2.24) is 0 Å². The van der Waals surface area contributed by atoms with E-state index in [1.165, 1.54) is 12.1 Å². The van der Waals surface area contributed by atoms with Gasteiger partial charge in [-0.1, -0.05) is 28.9 Å². The summed E-state index contributed by atoms with van der Waals surface area (Å²) >= 11 is 5.08. The van der Waals surface area contributed by atoms with Crippen molar-refractivity contribution in [1.29, 1.82) is 0 Å². The quantitative estimate of drug-likeness (QED) is 0.897. The minimum Gasteiger partial charge on any atom is -0.396 e. The molecule has 1 nitrogen and oxygen atoms in total. The van der Waals surface area contributed by atoms with Crippen LogP contribution in [-0.2, 0) is 5.75 Å². The Bertz CT molecular complexity index is 319. The van der Waals surface area contributed by atoms with Gasteiger partial charge >= 0.3 is 0 Å². The fraction of sp³-hybridized carbons (Fsp3) is 0.455. The molecule has 0 heterocycles. The predicted molar refractivity (Wildman–Crippen MR) is 66.5 cm³/mol. The molecule has 0 aromatic heterocycles. The Hall–Kier alpha value is -0.0600. The lowest BCUT2D eigenvalue weighted by Gasteiger charge is -2.08. The van der Waals surface area contributed by atoms with Crippen LogP contribution < -0.4 is 0 Å². The van der Waals surface area contributed by atoms with Crippen LogP contribution in [0.1, 0.15) is 12.5 Å². The van der Waals surface area contributed by atoms with Crippen LogP contribution >= 0.6 is 27.7 Å². The van der Waals surface area contributed by atoms with Crippen molar-refractivity contribution < 1.29 is 9.50 Å². The lowest BCUT2D eigenvalue weighted by atomic mass is 10.2. The van der Waals surface area contributed by atoms with E-state index in [1.54, 1.807) is 17.8 Å². The third-order valence-electron chi connectivity index (χ3n) is 1.99. The van der Waals surface area contributed by atoms with Crippen LogP contribution in [0.5, 0.6) is 0 Å². The fourth-order valence-corrected chi connectivity index (χ4v) is 2.84. The molecule has 15 heavy (non-hydrogen) atoms. The average molecular weight is 293 g/mol. The first-order chi connectivity index (χ1) is 7.13. The van der Waals surface area contributed by atoms with Crippen LogP contribution in [0.15, 0.2) is 22.7 Å². The van der Waals surface area contributed by atoms with E-state index in [2.05, 4.69) is 15.9 Å². The van der Waals surface area contributed by atoms with Crippen molar-refractivity contribution in [3.63, 3.8) is 0 Å². The van der Waals surface area contributed by atoms with Gasteiger partial charge in [0.05, 0.1) is 0 Å². The van der Waals surface area contributed by atoms with Crippen molar-refractivity contribution >= 4 is 27.7 Å². The number of halogens is 2. The van der Waals surface area contributed by atoms with Crippen LogP contribution in [-0.4, -0.2) is 17.5 Å². The molecule has 1 N–H and O–H groups in total. The van der Waals surface area contributed by atoms with Gasteiger partial charge in [0.2, 0.25) is 0 Å². The first kappa shape index (κ1) is 13.0. The third kappa shape index (κ3) is 4.53. The molecule has 4 heteroatoms. The Morgan fingerprint density at radius 1 is 1.53 bits per heavy atom. The molecule has 0 aliphatic heterocycles. The van der Waals surface area contributed by atoms with E-state index in [0.717, 1.165) is 21.5 Å². The summed E-state index contributed by atoms with van der Waals surface area (Å²) in [5.41, 5.74) is 1.09. The maximum Gasteiger partial charge on any atom is 0.124 e. The highest BCUT2D eigenvalue weighted by Crippen LogP contribution is 2.23. The monoisotopic (exact) mass is 292 g/mol. The second kappa shape index (κ2) is 6.51. The van der Waals surface area contributed by atoms with Gasteiger partial charge in [0.1, 0.15) is 5.82 Å². The maximum absolute atomic E-state index is 12.8. The van der Waals surface area contributed by atoms with Gasteiger partial charge in [-0.05, 0) is 29.4 Å². The molecule has 0 saturated heterocycles. The van der Waals surface area contributed by atoms with Crippen molar-refractivity contribution in [3.05, 3.63) is 34.1 Å². The largest absolute Gasteiger partial charge is 0.396 e. The van der Waals surface area contributed by atoms with E-state index >= 15 is 0 Å². The lowest BCUT2D eigenvalue weighted by molar-refractivity contribution is 0.250. The van der Waals surface area contributed by atoms with Gasteiger partial charge in [0.15, 0.2) is 0 Å². The SMILES string of the molecule is CC(CO)CSCc1ccc(F)cc1Br. The summed E-state index contributed by atoms with van der Waals surface area (Å²) in [4.78, 5) is 0. The molecule has 1 aromatic rings. The second-order valence-electron chi connectivity index (χ2n) is 3.54. The highest BCUT2D eigenvalue weighted by molar-refractivity contribution is 9.10. The predicted octanol–water partition coefficient (Wildman–Crippen LogP) is 3.45. The van der Waals surface area contributed by atoms with Crippen molar-refractivity contribution in [2.45, 2.75) is 12.7 Å². The Labute approximate surface area is 102 Å². The van der Waals surface area contributed by atoms with E-state index in [-0.39, 0.29) is 12.4 Å². The number of rotatable bonds is 5. The Morgan fingerprint density at radius 2 is 2.27 bits per heavy atom. The third-order valence-corrected chi connectivity index (χ3v) is 4.04. The summed E-state index contributed by atoms with van der Waals surface area (Å²) in [7, 11) is 0. The molecule has 0 radical (unpaired) electrons. The Balaban J connectivity index is 2.44. The molecule has 84 valence electrons. The lowest BCUT2D eigenvalue weighted by Crippen LogP contribution is -2.03. The molecule has 0 saturated carbocycles. The van der Waals surface area contributed by atoms with Gasteiger partial charge in [0, 0.05) is 16.8 Å². The molecular weight excluding hydrogens is 279 g/mol. The average Bonchev–Trinajstić information content (AvgIpc) is 2.21. The van der Waals surface area contributed by atoms with Crippen molar-refractivity contribution in [2.24, 2.45) is 5.92 Å². The fourth-order valence-electron chi connectivity index (χ4n) is 1.06. The van der Waals surface area contributed by atoms with E-state index in [0.29, 0.717) is 5.92 Å². The van der Waals surface area contributed by atoms with Gasteiger partial charge in [-0.2, -0.15) is 11.8 Å². The van der Waals surface area contributed by atoms with Crippen molar-refractivity contribution in [2.75, 3.05) is 12.4 Å². The zero-order valence-corrected chi connectivity index (χ0v) is 10.9. The highest BCUT2D eigenvalue weighted by atomic mass is 79.9. The van der Waals surface area contributed by atoms with Gasteiger partial charge in [-0.15, -0.1) is 0 Å². The molecule has 0 spiro atoms. The molecular formula is C11H14BrFOS. The van der Waals surface area contributed by atoms with E-state index in [9.17, 15) is 4.39 Å². The van der Waals surface area contributed by atoms with Gasteiger partial charge in [-0.3, -0.25) is 0 Å². The number of hydrogen-bond donors (Lipinski definition) is 1. The molecule has 1 unspecified atom stereocenters. The number of hydrogen-bond acceptors (Lipinski definition) is 2. The second-order valence-corrected chi connectivity index (χ2v) is 5.42. The van der Waals surface area contributed by atoms with E-state index < -0.39 is 0 Å². The number of benzene rings is 1. The first-order valence-corrected chi connectivity index (χ1v) is 6.70. The molecule has 0 bridgehead atoms. The summed E-state index contributed by atoms with van der Waals surface area (Å²) in [6.45, 7) is 2.23. The highest BCUT2D eigenvalue weighted by Gasteiger charge is 2.04. The van der Waals surface area contributed by atoms with Gasteiger partial charge < -0.3 is 5.11 Å². The van der Waals surface area contributed by atoms with Crippen LogP contribution in [0.2, 0.25) is 0 Å². The molecule has 0 amide bonds. The van der Waals surface area contributed by atoms with Crippen LogP contribution in [0.3, 0.4) is 0 Å². The first-order valence-electron chi connectivity index (χ1n) is 4.76. The zero-order valence-electron chi connectivity index (χ0n) is 8.54. The van der Waals surface area contributed by atoms with Crippen LogP contribution in [0, 0.1) is 11.7 Å². The normalized spacial score (nSPS) is 12.8. The van der Waals surface area contributed by atoms with E-state index in [1.807, 2.05) is 6.92 Å². The molecule has 1 aromatic carbocycles. The maximum atomic E-state index is 12.8. The molecule has 0 aliphatic rings. The topological polar surface area (TPSA) is 20.2 Å². The minimum atomic E-state index is -0.223. The van der Waals surface area contributed by atoms with Crippen molar-refractivity contribution in [3.8, 4) is 0 Å². The number of thioether (sulfide) groups is 1. The van der Waals surface area contributed by atoms with E-state index in [4.69, 9.17) is 5.11 Å². The molecule has 0 fully saturated rings. The Morgan fingerprint density at radius 3 is 2.87 bits per heavy atom. The summed E-state index contributed by atoms with van der Waals surface area (Å²) in [6, 6.07) is 4.73. The standard InChI is InChI=1S/C11H14BrFOS/c1-8(5-14)6-15-7-9-2-3-10(13)4-11(9)12/h2-4,8,14H,5-7H2,1H3. The van der Waals surface area contributed by atoms with Crippen LogP contribution in [0.25, 0.3) is 0 Å². The summed E-state index contributed by atoms with van der Waals surface area (Å²) in [5.74, 6) is 1.85. The van der Waals surface area contributed by atoms with Gasteiger partial charge in [0.25, 0.3) is 0 Å². The summed E-state index contributed by atoms with van der Waals surface area (Å²) in [6.07, 6.45) is 0. The number of aliphatic hydroxyl groups excluding tert-OH is 1. The minimum absolute atomic E-state index is 0.220. The number of aliphatic hydroxyl groups is 1. The Kier molecular flexibility index (Phi) is 5.64. The summed E-state index contributed by atoms with van der Waals surface area (Å²) in [5, 5.41) is 8.85. The molecule has 1 rings (SSSR count).